The molecule has 1 aromatic carbocycles. The van der Waals surface area contributed by atoms with Gasteiger partial charge in [-0.05, 0) is 37.3 Å². The minimum Gasteiger partial charge on any atom is -0.352 e. The van der Waals surface area contributed by atoms with Crippen LogP contribution in [0.1, 0.15) is 45.2 Å². The first-order valence-corrected chi connectivity index (χ1v) is 9.97. The van der Waals surface area contributed by atoms with Gasteiger partial charge in [-0.3, -0.25) is 9.10 Å². The Kier molecular flexibility index (Phi) is 7.06. The molecule has 130 valence electrons. The Morgan fingerprint density at radius 3 is 2.09 bits per heavy atom. The van der Waals surface area contributed by atoms with Crippen molar-refractivity contribution in [2.75, 3.05) is 17.1 Å². The van der Waals surface area contributed by atoms with Crippen molar-refractivity contribution in [3.05, 3.63) is 29.3 Å². The van der Waals surface area contributed by atoms with E-state index in [9.17, 15) is 13.2 Å². The lowest BCUT2D eigenvalue weighted by molar-refractivity contribution is -0.120. The van der Waals surface area contributed by atoms with Gasteiger partial charge in [0.15, 0.2) is 0 Å². The number of carbonyl (C=O) groups is 1. The van der Waals surface area contributed by atoms with E-state index < -0.39 is 10.0 Å². The monoisotopic (exact) mass is 340 g/mol. The van der Waals surface area contributed by atoms with Gasteiger partial charge in [-0.15, -0.1) is 0 Å². The Balaban J connectivity index is 3.27. The van der Waals surface area contributed by atoms with E-state index in [1.807, 2.05) is 45.9 Å². The van der Waals surface area contributed by atoms with Crippen molar-refractivity contribution in [1.82, 2.24) is 5.32 Å². The molecule has 0 spiro atoms. The van der Waals surface area contributed by atoms with Gasteiger partial charge in [0.2, 0.25) is 15.9 Å². The van der Waals surface area contributed by atoms with Crippen LogP contribution in [0.5, 0.6) is 0 Å². The Morgan fingerprint density at radius 1 is 1.17 bits per heavy atom. The fraction of sp³-hybridized carbons (Fsp3) is 0.588. The van der Waals surface area contributed by atoms with E-state index in [2.05, 4.69) is 5.32 Å². The number of rotatable bonds is 8. The van der Waals surface area contributed by atoms with Crippen molar-refractivity contribution >= 4 is 21.6 Å². The van der Waals surface area contributed by atoms with Gasteiger partial charge in [0.05, 0.1) is 11.9 Å². The standard InChI is InChI=1S/C17H28N2O3S/c1-6-13(4)18-16(20)12-19(23(5,21)22)17-14(7-2)10-9-11-15(17)8-3/h9-11,13H,6-8,12H2,1-5H3,(H,18,20). The summed E-state index contributed by atoms with van der Waals surface area (Å²) in [7, 11) is -3.55. The summed E-state index contributed by atoms with van der Waals surface area (Å²) in [6.45, 7) is 7.66. The van der Waals surface area contributed by atoms with E-state index in [-0.39, 0.29) is 18.5 Å². The lowest BCUT2D eigenvalue weighted by Crippen LogP contribution is -2.43. The highest BCUT2D eigenvalue weighted by molar-refractivity contribution is 7.92. The fourth-order valence-electron chi connectivity index (χ4n) is 2.45. The lowest BCUT2D eigenvalue weighted by Gasteiger charge is -2.27. The first kappa shape index (κ1) is 19.5. The molecular weight excluding hydrogens is 312 g/mol. The van der Waals surface area contributed by atoms with Crippen molar-refractivity contribution in [3.63, 3.8) is 0 Å². The van der Waals surface area contributed by atoms with Crippen molar-refractivity contribution in [2.45, 2.75) is 53.0 Å². The third-order valence-corrected chi connectivity index (χ3v) is 5.03. The van der Waals surface area contributed by atoms with Crippen LogP contribution in [0.4, 0.5) is 5.69 Å². The number of para-hydroxylation sites is 1. The molecule has 0 radical (unpaired) electrons. The van der Waals surface area contributed by atoms with Crippen molar-refractivity contribution in [3.8, 4) is 0 Å². The number of hydrogen-bond donors (Lipinski definition) is 1. The van der Waals surface area contributed by atoms with Gasteiger partial charge in [-0.2, -0.15) is 0 Å². The van der Waals surface area contributed by atoms with Gasteiger partial charge in [0.1, 0.15) is 6.54 Å². The maximum Gasteiger partial charge on any atom is 0.240 e. The molecule has 1 N–H and O–H groups in total. The average molecular weight is 340 g/mol. The normalized spacial score (nSPS) is 12.7. The van der Waals surface area contributed by atoms with Crippen molar-refractivity contribution in [2.24, 2.45) is 0 Å². The second-order valence-electron chi connectivity index (χ2n) is 5.78. The Hall–Kier alpha value is -1.56. The summed E-state index contributed by atoms with van der Waals surface area (Å²) >= 11 is 0. The summed E-state index contributed by atoms with van der Waals surface area (Å²) in [5.74, 6) is -0.280. The highest BCUT2D eigenvalue weighted by Gasteiger charge is 2.25. The number of sulfonamides is 1. The summed E-state index contributed by atoms with van der Waals surface area (Å²) in [4.78, 5) is 12.2. The number of benzene rings is 1. The zero-order chi connectivity index (χ0) is 17.6. The molecule has 0 fully saturated rings. The number of amides is 1. The van der Waals surface area contributed by atoms with Crippen LogP contribution in [0.2, 0.25) is 0 Å². The smallest absolute Gasteiger partial charge is 0.240 e. The maximum atomic E-state index is 12.3. The molecule has 1 amide bonds. The molecule has 23 heavy (non-hydrogen) atoms. The zero-order valence-corrected chi connectivity index (χ0v) is 15.5. The molecule has 5 nitrogen and oxygen atoms in total. The third-order valence-electron chi connectivity index (χ3n) is 3.92. The quantitative estimate of drug-likeness (QED) is 0.790. The van der Waals surface area contributed by atoms with Crippen molar-refractivity contribution < 1.29 is 13.2 Å². The van der Waals surface area contributed by atoms with Crippen LogP contribution in [0.3, 0.4) is 0 Å². The molecule has 0 saturated heterocycles. The second kappa shape index (κ2) is 8.34. The number of anilines is 1. The molecule has 0 aromatic heterocycles. The third kappa shape index (κ3) is 5.23. The van der Waals surface area contributed by atoms with Crippen LogP contribution in [0.15, 0.2) is 18.2 Å². The van der Waals surface area contributed by atoms with E-state index in [0.717, 1.165) is 23.8 Å². The summed E-state index contributed by atoms with van der Waals surface area (Å²) in [5.41, 5.74) is 2.52. The van der Waals surface area contributed by atoms with E-state index >= 15 is 0 Å². The van der Waals surface area contributed by atoms with E-state index in [1.165, 1.54) is 4.31 Å². The molecule has 1 unspecified atom stereocenters. The largest absolute Gasteiger partial charge is 0.352 e. The van der Waals surface area contributed by atoms with Crippen LogP contribution in [-0.4, -0.2) is 33.2 Å². The van der Waals surface area contributed by atoms with Gasteiger partial charge in [0.25, 0.3) is 0 Å². The fourth-order valence-corrected chi connectivity index (χ4v) is 3.37. The molecule has 0 heterocycles. The molecule has 0 bridgehead atoms. The summed E-state index contributed by atoms with van der Waals surface area (Å²) in [6, 6.07) is 5.79. The SMILES string of the molecule is CCc1cccc(CC)c1N(CC(=O)NC(C)CC)S(C)(=O)=O. The Bertz CT molecular complexity index is 619. The van der Waals surface area contributed by atoms with Gasteiger partial charge >= 0.3 is 0 Å². The summed E-state index contributed by atoms with van der Waals surface area (Å²) < 4.78 is 25.8. The first-order valence-electron chi connectivity index (χ1n) is 8.12. The molecular formula is C17H28N2O3S. The lowest BCUT2D eigenvalue weighted by atomic mass is 10.0. The molecule has 1 rings (SSSR count). The molecule has 0 aliphatic heterocycles. The van der Waals surface area contributed by atoms with Gasteiger partial charge in [0, 0.05) is 6.04 Å². The molecule has 0 saturated carbocycles. The predicted octanol–water partition coefficient (Wildman–Crippen LogP) is 2.49. The Labute approximate surface area is 140 Å². The summed E-state index contributed by atoms with van der Waals surface area (Å²) in [6.07, 6.45) is 3.37. The average Bonchev–Trinajstić information content (AvgIpc) is 2.50. The number of nitrogens with zero attached hydrogens (tertiary/aromatic N) is 1. The predicted molar refractivity (Wildman–Crippen MR) is 95.3 cm³/mol. The van der Waals surface area contributed by atoms with Gasteiger partial charge < -0.3 is 5.32 Å². The Morgan fingerprint density at radius 2 is 1.70 bits per heavy atom. The number of aryl methyl sites for hydroxylation is 2. The van der Waals surface area contributed by atoms with Crippen LogP contribution in [0.25, 0.3) is 0 Å². The van der Waals surface area contributed by atoms with Gasteiger partial charge in [-0.25, -0.2) is 8.42 Å². The van der Waals surface area contributed by atoms with Crippen LogP contribution in [0, 0.1) is 0 Å². The van der Waals surface area contributed by atoms with E-state index in [4.69, 9.17) is 0 Å². The molecule has 6 heteroatoms. The molecule has 1 atom stereocenters. The minimum absolute atomic E-state index is 0.0241. The summed E-state index contributed by atoms with van der Waals surface area (Å²) in [5, 5.41) is 2.83. The highest BCUT2D eigenvalue weighted by Crippen LogP contribution is 2.28. The van der Waals surface area contributed by atoms with Crippen LogP contribution in [-0.2, 0) is 27.7 Å². The van der Waals surface area contributed by atoms with E-state index in [1.54, 1.807) is 0 Å². The minimum atomic E-state index is -3.55. The zero-order valence-electron chi connectivity index (χ0n) is 14.7. The van der Waals surface area contributed by atoms with Crippen LogP contribution < -0.4 is 9.62 Å². The molecule has 1 aromatic rings. The van der Waals surface area contributed by atoms with Crippen molar-refractivity contribution in [1.29, 1.82) is 0 Å². The molecule has 0 aliphatic rings. The highest BCUT2D eigenvalue weighted by atomic mass is 32.2. The number of nitrogens with one attached hydrogen (secondary N) is 1. The maximum absolute atomic E-state index is 12.3. The van der Waals surface area contributed by atoms with Crippen LogP contribution >= 0.6 is 0 Å². The topological polar surface area (TPSA) is 66.5 Å². The first-order chi connectivity index (χ1) is 10.7. The molecule has 0 aliphatic carbocycles. The van der Waals surface area contributed by atoms with E-state index in [0.29, 0.717) is 18.5 Å². The second-order valence-corrected chi connectivity index (χ2v) is 7.69. The number of hydrogen-bond acceptors (Lipinski definition) is 3. The number of carbonyl (C=O) groups excluding carboxylic acids is 1. The van der Waals surface area contributed by atoms with Gasteiger partial charge in [-0.1, -0.05) is 39.0 Å².